The molecule has 1 aliphatic heterocycles. The number of ether oxygens (including phenoxy) is 1. The van der Waals surface area contributed by atoms with Crippen molar-refractivity contribution in [2.75, 3.05) is 33.8 Å². The summed E-state index contributed by atoms with van der Waals surface area (Å²) in [6.07, 6.45) is 4.05. The largest absolute Gasteiger partial charge is 0.496 e. The van der Waals surface area contributed by atoms with Crippen molar-refractivity contribution in [2.24, 2.45) is 4.99 Å². The van der Waals surface area contributed by atoms with Crippen LogP contribution in [-0.2, 0) is 6.54 Å². The van der Waals surface area contributed by atoms with Gasteiger partial charge in [0.1, 0.15) is 17.7 Å². The molecule has 27 heavy (non-hydrogen) atoms. The molecule has 7 nitrogen and oxygen atoms in total. The number of para-hydroxylation sites is 1. The van der Waals surface area contributed by atoms with E-state index in [0.29, 0.717) is 6.54 Å². The molecule has 2 N–H and O–H groups in total. The number of aliphatic imine (C=N–C) groups is 1. The van der Waals surface area contributed by atoms with Crippen molar-refractivity contribution in [3.63, 3.8) is 0 Å². The molecule has 1 atom stereocenters. The van der Waals surface area contributed by atoms with E-state index in [1.807, 2.05) is 18.2 Å². The van der Waals surface area contributed by atoms with Crippen LogP contribution in [-0.4, -0.2) is 49.8 Å². The maximum absolute atomic E-state index is 5.60. The molecule has 0 spiro atoms. The molecule has 1 saturated heterocycles. The van der Waals surface area contributed by atoms with Crippen molar-refractivity contribution in [2.45, 2.75) is 25.4 Å². The first kappa shape index (κ1) is 21.5. The molecule has 0 aliphatic carbocycles. The average molecular weight is 485 g/mol. The van der Waals surface area contributed by atoms with Crippen LogP contribution < -0.4 is 15.4 Å². The Labute approximate surface area is 177 Å². The lowest BCUT2D eigenvalue weighted by Gasteiger charge is -2.30. The highest BCUT2D eigenvalue weighted by molar-refractivity contribution is 14.0. The third kappa shape index (κ3) is 5.83. The minimum atomic E-state index is 0. The van der Waals surface area contributed by atoms with Crippen molar-refractivity contribution >= 4 is 29.9 Å². The number of methoxy groups -OCH3 is 1. The summed E-state index contributed by atoms with van der Waals surface area (Å²) in [4.78, 5) is 6.82. The van der Waals surface area contributed by atoms with Gasteiger partial charge >= 0.3 is 0 Å². The van der Waals surface area contributed by atoms with Crippen LogP contribution in [0.15, 0.2) is 46.1 Å². The van der Waals surface area contributed by atoms with Crippen LogP contribution in [0.5, 0.6) is 5.75 Å². The van der Waals surface area contributed by atoms with E-state index < -0.39 is 0 Å². The van der Waals surface area contributed by atoms with Gasteiger partial charge < -0.3 is 19.9 Å². The highest BCUT2D eigenvalue weighted by atomic mass is 127. The normalized spacial score (nSPS) is 15.9. The number of nitrogens with one attached hydrogen (secondary N) is 2. The Bertz CT molecular complexity index is 702. The first-order valence-corrected chi connectivity index (χ1v) is 9.02. The minimum Gasteiger partial charge on any atom is -0.496 e. The monoisotopic (exact) mass is 485 g/mol. The van der Waals surface area contributed by atoms with Gasteiger partial charge in [-0.25, -0.2) is 0 Å². The lowest BCUT2D eigenvalue weighted by molar-refractivity contribution is 0.239. The van der Waals surface area contributed by atoms with Gasteiger partial charge in [-0.15, -0.1) is 24.0 Å². The molecule has 1 unspecified atom stereocenters. The number of rotatable bonds is 7. The van der Waals surface area contributed by atoms with Crippen molar-refractivity contribution in [3.05, 3.63) is 47.9 Å². The SMILES string of the molecule is CN=C(NCc1ccon1)NCC(c1ccccc1OC)N1CCCC1.I. The van der Waals surface area contributed by atoms with Gasteiger partial charge in [0.25, 0.3) is 0 Å². The second-order valence-corrected chi connectivity index (χ2v) is 6.30. The number of likely N-dealkylation sites (tertiary alicyclic amines) is 1. The maximum Gasteiger partial charge on any atom is 0.191 e. The lowest BCUT2D eigenvalue weighted by Crippen LogP contribution is -2.42. The molecule has 2 heterocycles. The molecule has 0 saturated carbocycles. The highest BCUT2D eigenvalue weighted by Gasteiger charge is 2.26. The summed E-state index contributed by atoms with van der Waals surface area (Å²) in [7, 11) is 3.50. The molecule has 8 heteroatoms. The Morgan fingerprint density at radius 2 is 2.04 bits per heavy atom. The molecule has 1 aliphatic rings. The van der Waals surface area contributed by atoms with Crippen molar-refractivity contribution < 1.29 is 9.26 Å². The summed E-state index contributed by atoms with van der Waals surface area (Å²) < 4.78 is 10.5. The molecular weight excluding hydrogens is 457 g/mol. The summed E-state index contributed by atoms with van der Waals surface area (Å²) >= 11 is 0. The van der Waals surface area contributed by atoms with Crippen LogP contribution >= 0.6 is 24.0 Å². The predicted octanol–water partition coefficient (Wildman–Crippen LogP) is 2.80. The summed E-state index contributed by atoms with van der Waals surface area (Å²) in [5.74, 6) is 1.67. The van der Waals surface area contributed by atoms with E-state index >= 15 is 0 Å². The molecule has 1 aromatic heterocycles. The van der Waals surface area contributed by atoms with E-state index in [4.69, 9.17) is 9.26 Å². The Kier molecular flexibility index (Phi) is 8.86. The van der Waals surface area contributed by atoms with Gasteiger partial charge in [0.2, 0.25) is 0 Å². The zero-order chi connectivity index (χ0) is 18.2. The second kappa shape index (κ2) is 11.1. The molecule has 0 radical (unpaired) electrons. The first-order chi connectivity index (χ1) is 12.8. The first-order valence-electron chi connectivity index (χ1n) is 9.02. The fourth-order valence-corrected chi connectivity index (χ4v) is 3.35. The number of benzene rings is 1. The van der Waals surface area contributed by atoms with Gasteiger partial charge in [0, 0.05) is 25.2 Å². The number of aromatic nitrogens is 1. The van der Waals surface area contributed by atoms with Crippen molar-refractivity contribution in [1.29, 1.82) is 0 Å². The van der Waals surface area contributed by atoms with Gasteiger partial charge in [-0.1, -0.05) is 23.4 Å². The quantitative estimate of drug-likeness (QED) is 0.357. The van der Waals surface area contributed by atoms with E-state index in [-0.39, 0.29) is 30.0 Å². The van der Waals surface area contributed by atoms with Crippen molar-refractivity contribution in [1.82, 2.24) is 20.7 Å². The molecule has 2 aromatic rings. The fraction of sp³-hybridized carbons (Fsp3) is 0.474. The number of hydrogen-bond donors (Lipinski definition) is 2. The Morgan fingerprint density at radius 1 is 1.26 bits per heavy atom. The Morgan fingerprint density at radius 3 is 2.70 bits per heavy atom. The summed E-state index contributed by atoms with van der Waals surface area (Å²) in [6, 6.07) is 10.3. The summed E-state index contributed by atoms with van der Waals surface area (Å²) in [6.45, 7) is 3.53. The Hall–Kier alpha value is -1.81. The van der Waals surface area contributed by atoms with Crippen LogP contribution in [0, 0.1) is 0 Å². The second-order valence-electron chi connectivity index (χ2n) is 6.30. The van der Waals surface area contributed by atoms with Crippen molar-refractivity contribution in [3.8, 4) is 5.75 Å². The van der Waals surface area contributed by atoms with Gasteiger partial charge in [0.05, 0.1) is 19.7 Å². The Balaban J connectivity index is 0.00000261. The van der Waals surface area contributed by atoms with Crippen LogP contribution in [0.4, 0.5) is 0 Å². The zero-order valence-corrected chi connectivity index (χ0v) is 18.2. The standard InChI is InChI=1S/C19H27N5O2.HI/c1-20-19(21-13-15-9-12-26-23-15)22-14-17(24-10-5-6-11-24)16-7-3-4-8-18(16)25-2;/h3-4,7-9,12,17H,5-6,10-11,13-14H2,1-2H3,(H2,20,21,22);1H. The van der Waals surface area contributed by atoms with Gasteiger partial charge in [-0.2, -0.15) is 0 Å². The third-order valence-electron chi connectivity index (χ3n) is 4.69. The van der Waals surface area contributed by atoms with Gasteiger partial charge in [-0.3, -0.25) is 9.89 Å². The van der Waals surface area contributed by atoms with Crippen LogP contribution in [0.2, 0.25) is 0 Å². The van der Waals surface area contributed by atoms with E-state index in [0.717, 1.165) is 37.0 Å². The van der Waals surface area contributed by atoms with E-state index in [1.165, 1.54) is 18.4 Å². The molecular formula is C19H28IN5O2. The van der Waals surface area contributed by atoms with Crippen LogP contribution in [0.25, 0.3) is 0 Å². The molecule has 0 amide bonds. The molecule has 3 rings (SSSR count). The maximum atomic E-state index is 5.60. The minimum absolute atomic E-state index is 0. The summed E-state index contributed by atoms with van der Waals surface area (Å²) in [5.41, 5.74) is 2.05. The number of guanidine groups is 1. The lowest BCUT2D eigenvalue weighted by atomic mass is 10.0. The topological polar surface area (TPSA) is 74.9 Å². The number of hydrogen-bond acceptors (Lipinski definition) is 5. The molecule has 0 bridgehead atoms. The molecule has 148 valence electrons. The highest BCUT2D eigenvalue weighted by Crippen LogP contribution is 2.31. The predicted molar refractivity (Wildman–Crippen MR) is 117 cm³/mol. The van der Waals surface area contributed by atoms with E-state index in [9.17, 15) is 0 Å². The third-order valence-corrected chi connectivity index (χ3v) is 4.69. The molecule has 1 aromatic carbocycles. The zero-order valence-electron chi connectivity index (χ0n) is 15.9. The molecule has 1 fully saturated rings. The number of nitrogens with zero attached hydrogens (tertiary/aromatic N) is 3. The van der Waals surface area contributed by atoms with Gasteiger partial charge in [0.15, 0.2) is 5.96 Å². The van der Waals surface area contributed by atoms with Crippen LogP contribution in [0.3, 0.4) is 0 Å². The summed E-state index contributed by atoms with van der Waals surface area (Å²) in [5, 5.41) is 10.6. The van der Waals surface area contributed by atoms with Gasteiger partial charge in [-0.05, 0) is 32.0 Å². The van der Waals surface area contributed by atoms with E-state index in [2.05, 4.69) is 37.8 Å². The number of halogens is 1. The smallest absolute Gasteiger partial charge is 0.191 e. The average Bonchev–Trinajstić information content (AvgIpc) is 3.39. The van der Waals surface area contributed by atoms with Crippen LogP contribution in [0.1, 0.15) is 30.1 Å². The fourth-order valence-electron chi connectivity index (χ4n) is 3.35. The van der Waals surface area contributed by atoms with E-state index in [1.54, 1.807) is 20.4 Å².